The topological polar surface area (TPSA) is 32.8 Å². The van der Waals surface area contributed by atoms with Crippen LogP contribution in [-0.4, -0.2) is 42.0 Å². The highest BCUT2D eigenvalue weighted by atomic mass is 16.7. The van der Waals surface area contributed by atoms with Crippen molar-refractivity contribution in [1.82, 2.24) is 9.96 Å². The summed E-state index contributed by atoms with van der Waals surface area (Å²) >= 11 is 0. The fraction of sp³-hybridized carbons (Fsp3) is 0.611. The van der Waals surface area contributed by atoms with Crippen LogP contribution < -0.4 is 0 Å². The number of piperidine rings is 2. The van der Waals surface area contributed by atoms with E-state index in [1.54, 1.807) is 0 Å². The molecule has 0 unspecified atom stereocenters. The van der Waals surface area contributed by atoms with Crippen molar-refractivity contribution in [3.8, 4) is 0 Å². The molecule has 0 spiro atoms. The van der Waals surface area contributed by atoms with Crippen LogP contribution in [0, 0.1) is 0 Å². The van der Waals surface area contributed by atoms with Gasteiger partial charge in [-0.1, -0.05) is 18.6 Å². The fourth-order valence-corrected chi connectivity index (χ4v) is 3.18. The fourth-order valence-electron chi connectivity index (χ4n) is 3.18. The number of rotatable bonds is 4. The van der Waals surface area contributed by atoms with Crippen molar-refractivity contribution >= 4 is 5.91 Å². The number of hydrogen-bond donors (Lipinski definition) is 0. The first-order chi connectivity index (χ1) is 10.8. The van der Waals surface area contributed by atoms with E-state index in [9.17, 15) is 4.79 Å². The molecule has 0 bridgehead atoms. The van der Waals surface area contributed by atoms with E-state index in [0.29, 0.717) is 6.61 Å². The molecule has 0 saturated carbocycles. The second kappa shape index (κ2) is 7.75. The maximum absolute atomic E-state index is 12.4. The Morgan fingerprint density at radius 3 is 2.09 bits per heavy atom. The lowest BCUT2D eigenvalue weighted by atomic mass is 10.1. The van der Waals surface area contributed by atoms with Gasteiger partial charge in [0.1, 0.15) is 0 Å². The molecule has 0 atom stereocenters. The summed E-state index contributed by atoms with van der Waals surface area (Å²) in [6.45, 7) is 4.46. The van der Waals surface area contributed by atoms with Crippen molar-refractivity contribution < 1.29 is 9.63 Å². The Morgan fingerprint density at radius 2 is 1.45 bits per heavy atom. The number of nitrogens with zero attached hydrogens (tertiary/aromatic N) is 2. The first-order valence-corrected chi connectivity index (χ1v) is 8.59. The molecule has 4 nitrogen and oxygen atoms in total. The number of likely N-dealkylation sites (tertiary alicyclic amines) is 1. The zero-order valence-electron chi connectivity index (χ0n) is 13.3. The van der Waals surface area contributed by atoms with Gasteiger partial charge in [0.05, 0.1) is 6.61 Å². The molecule has 3 rings (SSSR count). The number of hydroxylamine groups is 2. The van der Waals surface area contributed by atoms with Gasteiger partial charge in [0.25, 0.3) is 5.91 Å². The maximum Gasteiger partial charge on any atom is 0.253 e. The van der Waals surface area contributed by atoms with Crippen LogP contribution in [0.1, 0.15) is 54.4 Å². The molecule has 2 fully saturated rings. The summed E-state index contributed by atoms with van der Waals surface area (Å²) in [6.07, 6.45) is 7.28. The van der Waals surface area contributed by atoms with Gasteiger partial charge in [-0.2, -0.15) is 5.06 Å². The first-order valence-electron chi connectivity index (χ1n) is 8.59. The number of carbonyl (C=O) groups is 1. The molecular weight excluding hydrogens is 276 g/mol. The number of benzene rings is 1. The molecule has 2 heterocycles. The summed E-state index contributed by atoms with van der Waals surface area (Å²) in [4.78, 5) is 20.2. The van der Waals surface area contributed by atoms with Crippen LogP contribution in [0.2, 0.25) is 0 Å². The van der Waals surface area contributed by atoms with Crippen molar-refractivity contribution in [2.75, 3.05) is 26.2 Å². The normalized spacial score (nSPS) is 20.1. The van der Waals surface area contributed by atoms with Gasteiger partial charge >= 0.3 is 0 Å². The first kappa shape index (κ1) is 15.5. The summed E-state index contributed by atoms with van der Waals surface area (Å²) in [5.41, 5.74) is 1.92. The van der Waals surface area contributed by atoms with E-state index in [1.807, 2.05) is 29.2 Å². The molecule has 0 radical (unpaired) electrons. The van der Waals surface area contributed by atoms with Crippen LogP contribution in [0.5, 0.6) is 0 Å². The Balaban J connectivity index is 1.51. The van der Waals surface area contributed by atoms with Gasteiger partial charge < -0.3 is 4.90 Å². The van der Waals surface area contributed by atoms with E-state index in [-0.39, 0.29) is 5.91 Å². The molecule has 0 N–H and O–H groups in total. The number of hydrogen-bond acceptors (Lipinski definition) is 3. The van der Waals surface area contributed by atoms with Gasteiger partial charge in [-0.25, -0.2) is 0 Å². The van der Waals surface area contributed by atoms with Gasteiger partial charge in [0.15, 0.2) is 0 Å². The lowest BCUT2D eigenvalue weighted by molar-refractivity contribution is -0.178. The van der Waals surface area contributed by atoms with Crippen LogP contribution in [0.15, 0.2) is 24.3 Å². The molecule has 1 aromatic rings. The summed E-state index contributed by atoms with van der Waals surface area (Å²) in [7, 11) is 0. The predicted octanol–water partition coefficient (Wildman–Crippen LogP) is 3.23. The molecule has 1 aromatic carbocycles. The van der Waals surface area contributed by atoms with Crippen molar-refractivity contribution in [2.24, 2.45) is 0 Å². The highest BCUT2D eigenvalue weighted by Gasteiger charge is 2.18. The minimum absolute atomic E-state index is 0.170. The lowest BCUT2D eigenvalue weighted by Crippen LogP contribution is -2.35. The zero-order valence-corrected chi connectivity index (χ0v) is 13.3. The van der Waals surface area contributed by atoms with Crippen molar-refractivity contribution in [3.05, 3.63) is 35.4 Å². The van der Waals surface area contributed by atoms with Crippen molar-refractivity contribution in [3.63, 3.8) is 0 Å². The monoisotopic (exact) mass is 302 g/mol. The van der Waals surface area contributed by atoms with Gasteiger partial charge in [-0.05, 0) is 49.8 Å². The van der Waals surface area contributed by atoms with E-state index in [0.717, 1.165) is 50.1 Å². The summed E-state index contributed by atoms with van der Waals surface area (Å²) in [5.74, 6) is 0.170. The average Bonchev–Trinajstić information content (AvgIpc) is 2.61. The second-order valence-electron chi connectivity index (χ2n) is 6.31. The molecule has 22 heavy (non-hydrogen) atoms. The van der Waals surface area contributed by atoms with Crippen molar-refractivity contribution in [1.29, 1.82) is 0 Å². The van der Waals surface area contributed by atoms with E-state index in [4.69, 9.17) is 4.84 Å². The van der Waals surface area contributed by atoms with Crippen LogP contribution in [-0.2, 0) is 11.4 Å². The Bertz CT molecular complexity index is 474. The van der Waals surface area contributed by atoms with Gasteiger partial charge in [0.2, 0.25) is 0 Å². The molecule has 1 amide bonds. The Hall–Kier alpha value is -1.39. The molecule has 4 heteroatoms. The summed E-state index contributed by atoms with van der Waals surface area (Å²) < 4.78 is 0. The highest BCUT2D eigenvalue weighted by molar-refractivity contribution is 5.94. The molecule has 2 aliphatic heterocycles. The number of carbonyl (C=O) groups excluding carboxylic acids is 1. The minimum Gasteiger partial charge on any atom is -0.339 e. The van der Waals surface area contributed by atoms with E-state index >= 15 is 0 Å². The molecular formula is C18H26N2O2. The van der Waals surface area contributed by atoms with Gasteiger partial charge in [-0.3, -0.25) is 9.63 Å². The van der Waals surface area contributed by atoms with E-state index in [1.165, 1.54) is 25.7 Å². The highest BCUT2D eigenvalue weighted by Crippen LogP contribution is 2.15. The van der Waals surface area contributed by atoms with Crippen molar-refractivity contribution in [2.45, 2.75) is 45.1 Å². The van der Waals surface area contributed by atoms with Crippen LogP contribution in [0.25, 0.3) is 0 Å². The van der Waals surface area contributed by atoms with Crippen LogP contribution in [0.4, 0.5) is 0 Å². The SMILES string of the molecule is O=C(c1ccc(CON2CCCCC2)cc1)N1CCCCC1. The summed E-state index contributed by atoms with van der Waals surface area (Å²) in [5, 5.41) is 2.07. The second-order valence-corrected chi connectivity index (χ2v) is 6.31. The zero-order chi connectivity index (χ0) is 15.2. The Morgan fingerprint density at radius 1 is 0.864 bits per heavy atom. The molecule has 0 aromatic heterocycles. The molecule has 2 aliphatic rings. The molecule has 120 valence electrons. The smallest absolute Gasteiger partial charge is 0.253 e. The van der Waals surface area contributed by atoms with Gasteiger partial charge in [-0.15, -0.1) is 0 Å². The van der Waals surface area contributed by atoms with E-state index < -0.39 is 0 Å². The third-order valence-electron chi connectivity index (χ3n) is 4.57. The van der Waals surface area contributed by atoms with Gasteiger partial charge in [0, 0.05) is 31.7 Å². The van der Waals surface area contributed by atoms with Crippen LogP contribution >= 0.6 is 0 Å². The number of amides is 1. The predicted molar refractivity (Wildman–Crippen MR) is 86.4 cm³/mol. The van der Waals surface area contributed by atoms with Crippen LogP contribution in [0.3, 0.4) is 0 Å². The Labute approximate surface area is 133 Å². The quantitative estimate of drug-likeness (QED) is 0.856. The van der Waals surface area contributed by atoms with E-state index in [2.05, 4.69) is 5.06 Å². The third-order valence-corrected chi connectivity index (χ3v) is 4.57. The largest absolute Gasteiger partial charge is 0.339 e. The maximum atomic E-state index is 12.4. The third kappa shape index (κ3) is 4.08. The molecule has 0 aliphatic carbocycles. The summed E-state index contributed by atoms with van der Waals surface area (Å²) in [6, 6.07) is 7.90. The average molecular weight is 302 g/mol. The Kier molecular flexibility index (Phi) is 5.46. The minimum atomic E-state index is 0.170. The standard InChI is InChI=1S/C18H26N2O2/c21-18(19-11-3-1-4-12-19)17-9-7-16(8-10-17)15-22-20-13-5-2-6-14-20/h7-10H,1-6,11-15H2. The lowest BCUT2D eigenvalue weighted by Gasteiger charge is -2.27. The molecule has 2 saturated heterocycles.